The highest BCUT2D eigenvalue weighted by atomic mass is 16.3. The third kappa shape index (κ3) is 3.38. The van der Waals surface area contributed by atoms with Gasteiger partial charge in [0.15, 0.2) is 17.2 Å². The van der Waals surface area contributed by atoms with Gasteiger partial charge in [-0.15, -0.1) is 0 Å². The van der Waals surface area contributed by atoms with Gasteiger partial charge in [-0.3, -0.25) is 0 Å². The number of anilines is 5. The Balaban J connectivity index is 1.30. The maximum atomic E-state index is 6.62. The van der Waals surface area contributed by atoms with Crippen LogP contribution in [0.4, 0.5) is 28.7 Å². The zero-order chi connectivity index (χ0) is 29.5. The van der Waals surface area contributed by atoms with Gasteiger partial charge in [0, 0.05) is 59.9 Å². The van der Waals surface area contributed by atoms with Crippen molar-refractivity contribution in [1.82, 2.24) is 14.9 Å². The zero-order valence-corrected chi connectivity index (χ0v) is 24.9. The molecule has 5 heterocycles. The molecule has 0 aliphatic carbocycles. The van der Waals surface area contributed by atoms with Gasteiger partial charge in [0.1, 0.15) is 17.9 Å². The van der Waals surface area contributed by atoms with Crippen LogP contribution in [0.3, 0.4) is 0 Å². The molecule has 0 bridgehead atoms. The van der Waals surface area contributed by atoms with Crippen LogP contribution in [0.1, 0.15) is 24.0 Å². The van der Waals surface area contributed by atoms with Crippen molar-refractivity contribution in [3.05, 3.63) is 127 Å². The van der Waals surface area contributed by atoms with E-state index < -0.39 is 0 Å². The lowest BCUT2D eigenvalue weighted by Gasteiger charge is -2.50. The fourth-order valence-corrected chi connectivity index (χ4v) is 7.84. The molecule has 0 fully saturated rings. The van der Waals surface area contributed by atoms with Gasteiger partial charge in [-0.2, -0.15) is 0 Å². The molecule has 44 heavy (non-hydrogen) atoms. The molecule has 0 amide bonds. The molecule has 0 radical (unpaired) electrons. The molecule has 0 saturated heterocycles. The molecule has 7 heteroatoms. The maximum Gasteiger partial charge on any atom is 0.178 e. The summed E-state index contributed by atoms with van der Waals surface area (Å²) in [5.74, 6) is 2.03. The molecule has 0 saturated carbocycles. The third-order valence-corrected chi connectivity index (χ3v) is 9.79. The van der Waals surface area contributed by atoms with E-state index in [9.17, 15) is 0 Å². The Hall–Kier alpha value is -5.30. The Morgan fingerprint density at radius 2 is 1.43 bits per heavy atom. The smallest absolute Gasteiger partial charge is 0.178 e. The van der Waals surface area contributed by atoms with Gasteiger partial charge in [-0.25, -0.2) is 9.97 Å². The molecule has 2 aromatic heterocycles. The monoisotopic (exact) mass is 576 g/mol. The summed E-state index contributed by atoms with van der Waals surface area (Å²) in [5.41, 5.74) is 7.76. The Bertz CT molecular complexity index is 2090. The summed E-state index contributed by atoms with van der Waals surface area (Å²) in [4.78, 5) is 19.6. The number of aromatic nitrogens is 2. The SMILES string of the molecule is Cc1ccccc1N1c2nccnc2N(c2ccccc2)C1C1C(C)c2ccc3c(oc4ccccc43)c2N2C=CN(C)C12. The number of para-hydroxylation sites is 3. The van der Waals surface area contributed by atoms with Crippen LogP contribution in [0.2, 0.25) is 0 Å². The molecule has 3 aliphatic heterocycles. The number of rotatable bonds is 3. The van der Waals surface area contributed by atoms with Crippen molar-refractivity contribution in [3.8, 4) is 0 Å². The topological polar surface area (TPSA) is 51.9 Å². The van der Waals surface area contributed by atoms with Gasteiger partial charge in [-0.1, -0.05) is 73.7 Å². The van der Waals surface area contributed by atoms with Gasteiger partial charge >= 0.3 is 0 Å². The summed E-state index contributed by atoms with van der Waals surface area (Å²) in [7, 11) is 2.19. The number of benzene rings is 4. The molecule has 9 rings (SSSR count). The average Bonchev–Trinajstić information content (AvgIpc) is 3.73. The van der Waals surface area contributed by atoms with E-state index in [-0.39, 0.29) is 24.2 Å². The van der Waals surface area contributed by atoms with E-state index >= 15 is 0 Å². The van der Waals surface area contributed by atoms with Gasteiger partial charge in [-0.05, 0) is 48.2 Å². The predicted molar refractivity (Wildman–Crippen MR) is 177 cm³/mol. The first-order chi connectivity index (χ1) is 21.6. The molecule has 4 aromatic carbocycles. The number of aryl methyl sites for hydroxylation is 1. The van der Waals surface area contributed by atoms with Crippen molar-refractivity contribution in [1.29, 1.82) is 0 Å². The molecular weight excluding hydrogens is 544 g/mol. The van der Waals surface area contributed by atoms with Crippen LogP contribution >= 0.6 is 0 Å². The number of hydrogen-bond acceptors (Lipinski definition) is 7. The third-order valence-electron chi connectivity index (χ3n) is 9.79. The normalized spacial score (nSPS) is 22.2. The molecule has 7 nitrogen and oxygen atoms in total. The molecule has 0 N–H and O–H groups in total. The summed E-state index contributed by atoms with van der Waals surface area (Å²) in [6.45, 7) is 4.56. The van der Waals surface area contributed by atoms with Crippen LogP contribution < -0.4 is 14.7 Å². The van der Waals surface area contributed by atoms with E-state index in [1.54, 1.807) is 6.20 Å². The van der Waals surface area contributed by atoms with Gasteiger partial charge in [0.2, 0.25) is 0 Å². The quantitative estimate of drug-likeness (QED) is 0.210. The van der Waals surface area contributed by atoms with Crippen LogP contribution in [0.25, 0.3) is 21.9 Å². The summed E-state index contributed by atoms with van der Waals surface area (Å²) in [5, 5.41) is 2.30. The highest BCUT2D eigenvalue weighted by Gasteiger charge is 2.54. The van der Waals surface area contributed by atoms with Crippen molar-refractivity contribution >= 4 is 50.6 Å². The minimum Gasteiger partial charge on any atom is -0.454 e. The van der Waals surface area contributed by atoms with Crippen LogP contribution in [0.15, 0.2) is 120 Å². The minimum absolute atomic E-state index is 0.0355. The zero-order valence-electron chi connectivity index (χ0n) is 24.9. The lowest BCUT2D eigenvalue weighted by atomic mass is 9.77. The number of hydrogen-bond donors (Lipinski definition) is 0. The summed E-state index contributed by atoms with van der Waals surface area (Å²) in [6, 6.07) is 32.2. The Labute approximate surface area is 256 Å². The second-order valence-electron chi connectivity index (χ2n) is 12.1. The molecule has 6 aromatic rings. The van der Waals surface area contributed by atoms with Crippen LogP contribution in [0, 0.1) is 12.8 Å². The number of fused-ring (bicyclic) bond motifs is 8. The Kier molecular flexibility index (Phi) is 5.36. The van der Waals surface area contributed by atoms with Gasteiger partial charge in [0.05, 0.1) is 5.69 Å². The molecule has 4 atom stereocenters. The highest BCUT2D eigenvalue weighted by molar-refractivity contribution is 6.10. The van der Waals surface area contributed by atoms with E-state index in [0.29, 0.717) is 0 Å². The Morgan fingerprint density at radius 1 is 0.705 bits per heavy atom. The summed E-state index contributed by atoms with van der Waals surface area (Å²) in [6.07, 6.45) is 7.96. The Morgan fingerprint density at radius 3 is 2.25 bits per heavy atom. The van der Waals surface area contributed by atoms with Crippen molar-refractivity contribution in [2.75, 3.05) is 21.7 Å². The predicted octanol–water partition coefficient (Wildman–Crippen LogP) is 8.28. The number of nitrogens with zero attached hydrogens (tertiary/aromatic N) is 6. The molecule has 216 valence electrons. The van der Waals surface area contributed by atoms with Crippen molar-refractivity contribution in [2.45, 2.75) is 32.1 Å². The molecular formula is C37H32N6O. The fourth-order valence-electron chi connectivity index (χ4n) is 7.84. The fraction of sp³-hybridized carbons (Fsp3) is 0.189. The first-order valence-corrected chi connectivity index (χ1v) is 15.2. The van der Waals surface area contributed by atoms with Crippen LogP contribution in [0.5, 0.6) is 0 Å². The van der Waals surface area contributed by atoms with E-state index in [0.717, 1.165) is 50.6 Å². The first-order valence-electron chi connectivity index (χ1n) is 15.2. The van der Waals surface area contributed by atoms with Crippen LogP contribution in [-0.4, -0.2) is 34.2 Å². The summed E-state index contributed by atoms with van der Waals surface area (Å²) >= 11 is 0. The second-order valence-corrected chi connectivity index (χ2v) is 12.1. The van der Waals surface area contributed by atoms with Crippen molar-refractivity contribution in [2.24, 2.45) is 5.92 Å². The van der Waals surface area contributed by atoms with Crippen LogP contribution in [-0.2, 0) is 0 Å². The minimum atomic E-state index is -0.111. The molecule has 0 spiro atoms. The van der Waals surface area contributed by atoms with E-state index in [2.05, 4.69) is 138 Å². The standard InChI is InChI=1S/C37H32N6O/c1-23-11-7-9-15-29(23)43-35-34(38-19-20-39-35)42(25-12-5-4-6-13-25)37(43)31-24(2)26-17-18-28-27-14-8-10-16-30(27)44-33(28)32(26)41-22-21-40(3)36(31)41/h4-22,24,31,36-37H,1-3H3. The highest BCUT2D eigenvalue weighted by Crippen LogP contribution is 2.56. The van der Waals surface area contributed by atoms with Crippen molar-refractivity contribution in [3.63, 3.8) is 0 Å². The maximum absolute atomic E-state index is 6.62. The summed E-state index contributed by atoms with van der Waals surface area (Å²) < 4.78 is 6.62. The van der Waals surface area contributed by atoms with E-state index in [1.165, 1.54) is 11.1 Å². The lowest BCUT2D eigenvalue weighted by Crippen LogP contribution is -2.58. The van der Waals surface area contributed by atoms with Gasteiger partial charge < -0.3 is 24.0 Å². The van der Waals surface area contributed by atoms with Crippen molar-refractivity contribution < 1.29 is 4.42 Å². The second kappa shape index (κ2) is 9.35. The first kappa shape index (κ1) is 25.2. The molecule has 4 unspecified atom stereocenters. The van der Waals surface area contributed by atoms with E-state index in [4.69, 9.17) is 14.4 Å². The molecule has 3 aliphatic rings. The largest absolute Gasteiger partial charge is 0.454 e. The lowest BCUT2D eigenvalue weighted by molar-refractivity contribution is 0.192. The average molecular weight is 577 g/mol. The van der Waals surface area contributed by atoms with Gasteiger partial charge in [0.25, 0.3) is 0 Å². The van der Waals surface area contributed by atoms with E-state index in [1.807, 2.05) is 12.3 Å². The number of furan rings is 1.